The number of piperidine rings is 1. The fourth-order valence-electron chi connectivity index (χ4n) is 4.64. The van der Waals surface area contributed by atoms with Crippen LogP contribution in [0.15, 0.2) is 29.8 Å². The zero-order valence-electron chi connectivity index (χ0n) is 17.4. The summed E-state index contributed by atoms with van der Waals surface area (Å²) in [5.41, 5.74) is 4.08. The number of hydrogen-bond donors (Lipinski definition) is 1. The SMILES string of the molecule is CC(C)(C)C1CCN(CC(=O)NC2=C(C(=O)C3CC3)Cc3ccccc32)CC1. The van der Waals surface area contributed by atoms with Crippen molar-refractivity contribution in [3.63, 3.8) is 0 Å². The average molecular weight is 381 g/mol. The van der Waals surface area contributed by atoms with Crippen molar-refractivity contribution in [2.45, 2.75) is 52.9 Å². The molecule has 0 bridgehead atoms. The van der Waals surface area contributed by atoms with E-state index in [1.54, 1.807) is 0 Å². The fraction of sp³-hybridized carbons (Fsp3) is 0.583. The van der Waals surface area contributed by atoms with Gasteiger partial charge in [0.15, 0.2) is 5.78 Å². The lowest BCUT2D eigenvalue weighted by atomic mass is 9.75. The molecule has 2 aliphatic carbocycles. The summed E-state index contributed by atoms with van der Waals surface area (Å²) in [6.45, 7) is 9.28. The summed E-state index contributed by atoms with van der Waals surface area (Å²) in [5, 5.41) is 3.12. The van der Waals surface area contributed by atoms with Crippen LogP contribution in [0.2, 0.25) is 0 Å². The number of fused-ring (bicyclic) bond motifs is 1. The fourth-order valence-corrected chi connectivity index (χ4v) is 4.64. The molecule has 1 saturated carbocycles. The predicted molar refractivity (Wildman–Crippen MR) is 112 cm³/mol. The lowest BCUT2D eigenvalue weighted by Crippen LogP contribution is -2.43. The van der Waals surface area contributed by atoms with Crippen LogP contribution >= 0.6 is 0 Å². The molecule has 1 saturated heterocycles. The minimum absolute atomic E-state index is 0.00186. The molecule has 0 unspecified atom stereocenters. The first-order valence-corrected chi connectivity index (χ1v) is 10.7. The summed E-state index contributed by atoms with van der Waals surface area (Å²) in [4.78, 5) is 27.8. The predicted octanol–water partition coefficient (Wildman–Crippen LogP) is 3.81. The van der Waals surface area contributed by atoms with Crippen molar-refractivity contribution in [3.8, 4) is 0 Å². The quantitative estimate of drug-likeness (QED) is 0.845. The van der Waals surface area contributed by atoms with Gasteiger partial charge in [-0.05, 0) is 55.7 Å². The summed E-state index contributed by atoms with van der Waals surface area (Å²) < 4.78 is 0. The van der Waals surface area contributed by atoms with E-state index < -0.39 is 0 Å². The van der Waals surface area contributed by atoms with Crippen molar-refractivity contribution in [1.82, 2.24) is 10.2 Å². The first kappa shape index (κ1) is 19.4. The van der Waals surface area contributed by atoms with Crippen LogP contribution in [0.5, 0.6) is 0 Å². The van der Waals surface area contributed by atoms with E-state index in [2.05, 4.69) is 37.1 Å². The summed E-state index contributed by atoms with van der Waals surface area (Å²) in [7, 11) is 0. The number of likely N-dealkylation sites (tertiary alicyclic amines) is 1. The number of carbonyl (C=O) groups excluding carboxylic acids is 2. The van der Waals surface area contributed by atoms with Gasteiger partial charge in [-0.25, -0.2) is 0 Å². The summed E-state index contributed by atoms with van der Waals surface area (Å²) in [6, 6.07) is 8.06. The molecular weight excluding hydrogens is 348 g/mol. The van der Waals surface area contributed by atoms with Crippen LogP contribution in [-0.2, 0) is 16.0 Å². The van der Waals surface area contributed by atoms with Gasteiger partial charge in [-0.1, -0.05) is 45.0 Å². The summed E-state index contributed by atoms with van der Waals surface area (Å²) >= 11 is 0. The minimum atomic E-state index is 0.00186. The van der Waals surface area contributed by atoms with Crippen LogP contribution in [0.25, 0.3) is 5.70 Å². The van der Waals surface area contributed by atoms with Crippen LogP contribution in [0.4, 0.5) is 0 Å². The molecule has 4 nitrogen and oxygen atoms in total. The Kier molecular flexibility index (Phi) is 5.17. The van der Waals surface area contributed by atoms with E-state index in [0.29, 0.717) is 18.4 Å². The number of Topliss-reactive ketones (excluding diaryl/α,β-unsaturated/α-hetero) is 1. The molecule has 0 spiro atoms. The second-order valence-electron chi connectivity index (χ2n) is 9.79. The molecule has 0 aromatic heterocycles. The van der Waals surface area contributed by atoms with Gasteiger partial charge in [-0.3, -0.25) is 14.5 Å². The van der Waals surface area contributed by atoms with E-state index >= 15 is 0 Å². The van der Waals surface area contributed by atoms with Gasteiger partial charge in [0, 0.05) is 23.5 Å². The van der Waals surface area contributed by atoms with E-state index in [1.165, 1.54) is 0 Å². The minimum Gasteiger partial charge on any atom is -0.324 e. The highest BCUT2D eigenvalue weighted by atomic mass is 16.2. The van der Waals surface area contributed by atoms with E-state index in [1.807, 2.05) is 18.2 Å². The standard InChI is InChI=1S/C24H32N2O2/c1-24(2,3)18-10-12-26(13-11-18)15-21(27)25-22-19-7-5-4-6-17(19)14-20(22)23(28)16-8-9-16/h4-7,16,18H,8-15H2,1-3H3,(H,25,27). The molecule has 28 heavy (non-hydrogen) atoms. The number of rotatable bonds is 5. The van der Waals surface area contributed by atoms with Gasteiger partial charge in [0.1, 0.15) is 0 Å². The first-order valence-electron chi connectivity index (χ1n) is 10.7. The largest absolute Gasteiger partial charge is 0.324 e. The maximum absolute atomic E-state index is 12.8. The van der Waals surface area contributed by atoms with Crippen molar-refractivity contribution in [3.05, 3.63) is 41.0 Å². The molecule has 4 rings (SSSR count). The normalized spacial score (nSPS) is 21.0. The van der Waals surface area contributed by atoms with Crippen LogP contribution in [-0.4, -0.2) is 36.2 Å². The van der Waals surface area contributed by atoms with Gasteiger partial charge < -0.3 is 5.32 Å². The van der Waals surface area contributed by atoms with Crippen LogP contribution < -0.4 is 5.32 Å². The summed E-state index contributed by atoms with van der Waals surface area (Å²) in [5.74, 6) is 1.13. The number of hydrogen-bond acceptors (Lipinski definition) is 3. The third-order valence-corrected chi connectivity index (χ3v) is 6.65. The Labute approximate surface area is 168 Å². The van der Waals surface area contributed by atoms with E-state index in [9.17, 15) is 9.59 Å². The number of carbonyl (C=O) groups is 2. The second kappa shape index (κ2) is 7.47. The van der Waals surface area contributed by atoms with Gasteiger partial charge in [0.2, 0.25) is 5.91 Å². The van der Waals surface area contributed by atoms with Crippen molar-refractivity contribution in [2.75, 3.05) is 19.6 Å². The van der Waals surface area contributed by atoms with Crippen molar-refractivity contribution in [2.24, 2.45) is 17.3 Å². The Bertz CT molecular complexity index is 806. The second-order valence-corrected chi connectivity index (χ2v) is 9.79. The van der Waals surface area contributed by atoms with E-state index in [-0.39, 0.29) is 17.6 Å². The zero-order chi connectivity index (χ0) is 19.9. The lowest BCUT2D eigenvalue weighted by Gasteiger charge is -2.38. The van der Waals surface area contributed by atoms with Crippen LogP contribution in [0.1, 0.15) is 57.6 Å². The maximum Gasteiger partial charge on any atom is 0.238 e. The molecule has 0 radical (unpaired) electrons. The molecule has 1 aromatic carbocycles. The van der Waals surface area contributed by atoms with Gasteiger partial charge in [0.05, 0.1) is 12.2 Å². The lowest BCUT2D eigenvalue weighted by molar-refractivity contribution is -0.121. The topological polar surface area (TPSA) is 49.4 Å². The molecule has 0 atom stereocenters. The van der Waals surface area contributed by atoms with Crippen molar-refractivity contribution in [1.29, 1.82) is 0 Å². The van der Waals surface area contributed by atoms with Gasteiger partial charge >= 0.3 is 0 Å². The maximum atomic E-state index is 12.8. The number of nitrogens with one attached hydrogen (secondary N) is 1. The molecule has 4 heteroatoms. The smallest absolute Gasteiger partial charge is 0.238 e. The molecule has 1 heterocycles. The Hall–Kier alpha value is -1.94. The number of ketones is 1. The molecule has 1 N–H and O–H groups in total. The van der Waals surface area contributed by atoms with E-state index in [0.717, 1.165) is 67.1 Å². The highest BCUT2D eigenvalue weighted by molar-refractivity contribution is 6.09. The summed E-state index contributed by atoms with van der Waals surface area (Å²) in [6.07, 6.45) is 4.92. The first-order chi connectivity index (χ1) is 13.3. The van der Waals surface area contributed by atoms with Crippen LogP contribution in [0, 0.1) is 17.3 Å². The Morgan fingerprint density at radius 1 is 1.07 bits per heavy atom. The molecule has 1 aromatic rings. The Morgan fingerprint density at radius 2 is 1.75 bits per heavy atom. The Morgan fingerprint density at radius 3 is 2.39 bits per heavy atom. The molecule has 1 amide bonds. The molecular formula is C24H32N2O2. The van der Waals surface area contributed by atoms with Gasteiger partial charge in [-0.2, -0.15) is 0 Å². The van der Waals surface area contributed by atoms with Gasteiger partial charge in [0.25, 0.3) is 0 Å². The highest BCUT2D eigenvalue weighted by Gasteiger charge is 2.36. The average Bonchev–Trinajstić information content (AvgIpc) is 3.44. The third kappa shape index (κ3) is 4.07. The molecule has 150 valence electrons. The molecule has 3 aliphatic rings. The number of benzene rings is 1. The van der Waals surface area contributed by atoms with Gasteiger partial charge in [-0.15, -0.1) is 0 Å². The van der Waals surface area contributed by atoms with Crippen molar-refractivity contribution < 1.29 is 9.59 Å². The molecule has 1 aliphatic heterocycles. The number of nitrogens with zero attached hydrogens (tertiary/aromatic N) is 1. The number of amides is 1. The monoisotopic (exact) mass is 380 g/mol. The van der Waals surface area contributed by atoms with Crippen LogP contribution in [0.3, 0.4) is 0 Å². The van der Waals surface area contributed by atoms with Crippen molar-refractivity contribution >= 4 is 17.4 Å². The zero-order valence-corrected chi connectivity index (χ0v) is 17.4. The highest BCUT2D eigenvalue weighted by Crippen LogP contribution is 2.39. The number of allylic oxidation sites excluding steroid dienone is 1. The third-order valence-electron chi connectivity index (χ3n) is 6.65. The van der Waals surface area contributed by atoms with E-state index in [4.69, 9.17) is 0 Å². The Balaban J connectivity index is 1.42. The molecule has 2 fully saturated rings.